The van der Waals surface area contributed by atoms with Gasteiger partial charge in [-0.3, -0.25) is 9.79 Å². The maximum absolute atomic E-state index is 11.9. The summed E-state index contributed by atoms with van der Waals surface area (Å²) in [6.07, 6.45) is 5.88. The number of thiophene rings is 1. The minimum Gasteiger partial charge on any atom is -0.370 e. The number of likely N-dealkylation sites (tertiary alicyclic amines) is 1. The van der Waals surface area contributed by atoms with Crippen LogP contribution >= 0.6 is 35.3 Å². The Bertz CT molecular complexity index is 478. The lowest BCUT2D eigenvalue weighted by Gasteiger charge is -2.19. The summed E-state index contributed by atoms with van der Waals surface area (Å²) in [5.41, 5.74) is 5.85. The Labute approximate surface area is 159 Å². The molecule has 1 amide bonds. The zero-order chi connectivity index (χ0) is 15.6. The fourth-order valence-corrected chi connectivity index (χ4v) is 3.27. The first-order valence-electron chi connectivity index (χ1n) is 8.09. The standard InChI is InChI=1S/C16H26N4OS.HI/c17-16(19-10-8-14-6-4-13-22-14)18-9-5-12-20-11-3-1-2-7-15(20)21;/h4,6,13H,1-3,5,7-12H2,(H3,17,18,19);1H. The first-order valence-corrected chi connectivity index (χ1v) is 8.97. The van der Waals surface area contributed by atoms with Gasteiger partial charge in [-0.25, -0.2) is 0 Å². The summed E-state index contributed by atoms with van der Waals surface area (Å²) in [6, 6.07) is 4.18. The number of rotatable bonds is 7. The van der Waals surface area contributed by atoms with Crippen LogP contribution in [-0.4, -0.2) is 42.9 Å². The van der Waals surface area contributed by atoms with E-state index in [4.69, 9.17) is 5.73 Å². The minimum atomic E-state index is 0. The zero-order valence-corrected chi connectivity index (χ0v) is 16.6. The van der Waals surface area contributed by atoms with Crippen LogP contribution in [0.25, 0.3) is 0 Å². The van der Waals surface area contributed by atoms with Crippen molar-refractivity contribution in [3.05, 3.63) is 22.4 Å². The number of hydrogen-bond acceptors (Lipinski definition) is 3. The normalized spacial score (nSPS) is 15.9. The largest absolute Gasteiger partial charge is 0.370 e. The van der Waals surface area contributed by atoms with Crippen LogP contribution in [0.4, 0.5) is 0 Å². The first-order chi connectivity index (χ1) is 10.8. The van der Waals surface area contributed by atoms with Gasteiger partial charge in [0, 0.05) is 37.5 Å². The van der Waals surface area contributed by atoms with E-state index in [1.165, 1.54) is 11.3 Å². The van der Waals surface area contributed by atoms with E-state index in [2.05, 4.69) is 27.8 Å². The third kappa shape index (κ3) is 8.01. The molecule has 1 aromatic rings. The molecule has 0 atom stereocenters. The number of aliphatic imine (C=N–C) groups is 1. The van der Waals surface area contributed by atoms with Crippen LogP contribution in [-0.2, 0) is 11.2 Å². The van der Waals surface area contributed by atoms with Crippen LogP contribution in [0.2, 0.25) is 0 Å². The molecule has 5 nitrogen and oxygen atoms in total. The Kier molecular flexibility index (Phi) is 10.3. The minimum absolute atomic E-state index is 0. The van der Waals surface area contributed by atoms with Crippen LogP contribution in [0.15, 0.2) is 22.5 Å². The molecule has 3 N–H and O–H groups in total. The maximum atomic E-state index is 11.9. The van der Waals surface area contributed by atoms with Gasteiger partial charge in [-0.2, -0.15) is 0 Å². The topological polar surface area (TPSA) is 70.7 Å². The number of nitrogens with zero attached hydrogens (tertiary/aromatic N) is 2. The number of nitrogens with two attached hydrogens (primary N) is 1. The van der Waals surface area contributed by atoms with Gasteiger partial charge < -0.3 is 16.0 Å². The van der Waals surface area contributed by atoms with E-state index in [9.17, 15) is 4.79 Å². The molecule has 0 bridgehead atoms. The summed E-state index contributed by atoms with van der Waals surface area (Å²) in [5.74, 6) is 0.794. The van der Waals surface area contributed by atoms with E-state index in [1.54, 1.807) is 11.3 Å². The lowest BCUT2D eigenvalue weighted by molar-refractivity contribution is -0.130. The molecular weight excluding hydrogens is 423 g/mol. The Balaban J connectivity index is 0.00000264. The molecule has 0 aromatic carbocycles. The summed E-state index contributed by atoms with van der Waals surface area (Å²) in [7, 11) is 0. The molecule has 0 aliphatic carbocycles. The summed E-state index contributed by atoms with van der Waals surface area (Å²) >= 11 is 1.76. The lowest BCUT2D eigenvalue weighted by Crippen LogP contribution is -2.34. The molecule has 0 spiro atoms. The second-order valence-electron chi connectivity index (χ2n) is 5.57. The van der Waals surface area contributed by atoms with Gasteiger partial charge in [0.15, 0.2) is 5.96 Å². The van der Waals surface area contributed by atoms with E-state index in [0.717, 1.165) is 45.3 Å². The number of nitrogens with one attached hydrogen (secondary N) is 1. The van der Waals surface area contributed by atoms with Crippen LogP contribution in [0.3, 0.4) is 0 Å². The third-order valence-corrected chi connectivity index (χ3v) is 4.73. The zero-order valence-electron chi connectivity index (χ0n) is 13.5. The maximum Gasteiger partial charge on any atom is 0.222 e. The Morgan fingerprint density at radius 3 is 3.04 bits per heavy atom. The molecule has 0 radical (unpaired) electrons. The molecule has 1 aliphatic heterocycles. The van der Waals surface area contributed by atoms with Gasteiger partial charge in [0.1, 0.15) is 0 Å². The number of amides is 1. The fourth-order valence-electron chi connectivity index (χ4n) is 2.56. The van der Waals surface area contributed by atoms with Crippen molar-refractivity contribution < 1.29 is 4.79 Å². The average Bonchev–Trinajstić information content (AvgIpc) is 2.94. The summed E-state index contributed by atoms with van der Waals surface area (Å²) in [6.45, 7) is 3.17. The van der Waals surface area contributed by atoms with E-state index >= 15 is 0 Å². The average molecular weight is 450 g/mol. The van der Waals surface area contributed by atoms with Crippen molar-refractivity contribution in [2.75, 3.05) is 26.2 Å². The van der Waals surface area contributed by atoms with E-state index in [-0.39, 0.29) is 24.0 Å². The van der Waals surface area contributed by atoms with Crippen LogP contribution in [0.1, 0.15) is 37.0 Å². The number of halogens is 1. The van der Waals surface area contributed by atoms with Crippen molar-refractivity contribution in [3.63, 3.8) is 0 Å². The van der Waals surface area contributed by atoms with Crippen molar-refractivity contribution in [2.45, 2.75) is 38.5 Å². The van der Waals surface area contributed by atoms with Gasteiger partial charge in [0.2, 0.25) is 5.91 Å². The highest BCUT2D eigenvalue weighted by atomic mass is 127. The molecule has 7 heteroatoms. The summed E-state index contributed by atoms with van der Waals surface area (Å²) in [4.78, 5) is 19.5. The molecular formula is C16H27IN4OS. The molecule has 2 heterocycles. The molecule has 1 aromatic heterocycles. The fraction of sp³-hybridized carbons (Fsp3) is 0.625. The van der Waals surface area contributed by atoms with Crippen molar-refractivity contribution in [1.29, 1.82) is 0 Å². The van der Waals surface area contributed by atoms with Gasteiger partial charge in [-0.1, -0.05) is 12.5 Å². The molecule has 130 valence electrons. The van der Waals surface area contributed by atoms with Crippen molar-refractivity contribution in [1.82, 2.24) is 10.2 Å². The van der Waals surface area contributed by atoms with E-state index in [1.807, 2.05) is 4.90 Å². The molecule has 2 rings (SSSR count). The molecule has 1 saturated heterocycles. The molecule has 23 heavy (non-hydrogen) atoms. The van der Waals surface area contributed by atoms with E-state index < -0.39 is 0 Å². The number of guanidine groups is 1. The number of carbonyl (C=O) groups is 1. The first kappa shape index (κ1) is 20.2. The Morgan fingerprint density at radius 1 is 1.39 bits per heavy atom. The smallest absolute Gasteiger partial charge is 0.222 e. The highest BCUT2D eigenvalue weighted by molar-refractivity contribution is 14.0. The molecule has 0 saturated carbocycles. The Hall–Kier alpha value is -0.830. The second-order valence-corrected chi connectivity index (χ2v) is 6.60. The van der Waals surface area contributed by atoms with Crippen LogP contribution < -0.4 is 11.1 Å². The van der Waals surface area contributed by atoms with Crippen LogP contribution in [0, 0.1) is 0 Å². The molecule has 1 aliphatic rings. The summed E-state index contributed by atoms with van der Waals surface area (Å²) < 4.78 is 0. The van der Waals surface area contributed by atoms with Gasteiger partial charge in [0.25, 0.3) is 0 Å². The van der Waals surface area contributed by atoms with Crippen molar-refractivity contribution in [3.8, 4) is 0 Å². The van der Waals surface area contributed by atoms with Gasteiger partial charge in [0.05, 0.1) is 0 Å². The monoisotopic (exact) mass is 450 g/mol. The Morgan fingerprint density at radius 2 is 2.26 bits per heavy atom. The highest BCUT2D eigenvalue weighted by Crippen LogP contribution is 2.11. The predicted molar refractivity (Wildman–Crippen MR) is 108 cm³/mol. The van der Waals surface area contributed by atoms with Crippen molar-refractivity contribution in [2.24, 2.45) is 10.7 Å². The van der Waals surface area contributed by atoms with Crippen molar-refractivity contribution >= 4 is 47.2 Å². The predicted octanol–water partition coefficient (Wildman–Crippen LogP) is 2.61. The second kappa shape index (κ2) is 11.7. The molecule has 1 fully saturated rings. The third-order valence-electron chi connectivity index (χ3n) is 3.80. The lowest BCUT2D eigenvalue weighted by atomic mass is 10.2. The van der Waals surface area contributed by atoms with Gasteiger partial charge in [-0.15, -0.1) is 35.3 Å². The quantitative estimate of drug-likeness (QED) is 0.291. The summed E-state index contributed by atoms with van der Waals surface area (Å²) in [5, 5.41) is 5.21. The van der Waals surface area contributed by atoms with E-state index in [0.29, 0.717) is 24.8 Å². The highest BCUT2D eigenvalue weighted by Gasteiger charge is 2.15. The molecule has 0 unspecified atom stereocenters. The van der Waals surface area contributed by atoms with Crippen LogP contribution in [0.5, 0.6) is 0 Å². The number of carbonyl (C=O) groups excluding carboxylic acids is 1. The number of hydrogen-bond donors (Lipinski definition) is 2. The SMILES string of the molecule is I.NC(=NCCCN1CCCCCC1=O)NCCc1cccs1. The van der Waals surface area contributed by atoms with Gasteiger partial charge >= 0.3 is 0 Å². The van der Waals surface area contributed by atoms with Gasteiger partial charge in [-0.05, 0) is 37.1 Å².